The number of aliphatic carboxylic acids is 1. The van der Waals surface area contributed by atoms with Gasteiger partial charge in [0.2, 0.25) is 5.91 Å². The monoisotopic (exact) mass is 227 g/mol. The molecule has 1 saturated heterocycles. The maximum absolute atomic E-state index is 12.1. The van der Waals surface area contributed by atoms with Crippen LogP contribution in [0.25, 0.3) is 0 Å². The maximum Gasteiger partial charge on any atom is 0.319 e. The molecule has 16 heavy (non-hydrogen) atoms. The predicted molar refractivity (Wildman–Crippen MR) is 55.9 cm³/mol. The number of carbonyl (C=O) groups excluding carboxylic acids is 1. The quantitative estimate of drug-likeness (QED) is 0.697. The second-order valence-corrected chi connectivity index (χ2v) is 4.85. The molecule has 1 amide bonds. The van der Waals surface area contributed by atoms with Crippen LogP contribution in [0.1, 0.15) is 26.7 Å². The van der Waals surface area contributed by atoms with Crippen molar-refractivity contribution in [3.05, 3.63) is 0 Å². The SMILES string of the molecule is CC1CN(C(=O)C2(C(=O)O)CC2)CC(C)O1. The molecular weight excluding hydrogens is 210 g/mol. The van der Waals surface area contributed by atoms with Crippen LogP contribution >= 0.6 is 0 Å². The minimum Gasteiger partial charge on any atom is -0.480 e. The number of rotatable bonds is 2. The number of amides is 1. The Hall–Kier alpha value is -1.10. The lowest BCUT2D eigenvalue weighted by atomic mass is 10.0. The van der Waals surface area contributed by atoms with Gasteiger partial charge in [0.05, 0.1) is 12.2 Å². The van der Waals surface area contributed by atoms with Crippen molar-refractivity contribution in [2.45, 2.75) is 38.9 Å². The molecule has 0 radical (unpaired) electrons. The second kappa shape index (κ2) is 3.73. The van der Waals surface area contributed by atoms with Crippen molar-refractivity contribution in [2.24, 2.45) is 5.41 Å². The molecule has 5 nitrogen and oxygen atoms in total. The number of carbonyl (C=O) groups is 2. The number of nitrogens with zero attached hydrogens (tertiary/aromatic N) is 1. The highest BCUT2D eigenvalue weighted by molar-refractivity contribution is 6.04. The van der Waals surface area contributed by atoms with Crippen LogP contribution in [0.4, 0.5) is 0 Å². The summed E-state index contributed by atoms with van der Waals surface area (Å²) in [5.74, 6) is -1.22. The molecule has 90 valence electrons. The Kier molecular flexibility index (Phi) is 2.66. The van der Waals surface area contributed by atoms with Crippen LogP contribution < -0.4 is 0 Å². The normalized spacial score (nSPS) is 32.2. The lowest BCUT2D eigenvalue weighted by Crippen LogP contribution is -2.51. The van der Waals surface area contributed by atoms with Crippen molar-refractivity contribution in [3.63, 3.8) is 0 Å². The first kappa shape index (κ1) is 11.4. The molecule has 1 heterocycles. The molecule has 2 atom stereocenters. The zero-order valence-corrected chi connectivity index (χ0v) is 9.60. The number of hydrogen-bond donors (Lipinski definition) is 1. The van der Waals surface area contributed by atoms with Crippen LogP contribution in [-0.4, -0.2) is 47.2 Å². The summed E-state index contributed by atoms with van der Waals surface area (Å²) in [5, 5.41) is 9.06. The number of carboxylic acids is 1. The van der Waals surface area contributed by atoms with E-state index in [1.165, 1.54) is 0 Å². The first-order valence-electron chi connectivity index (χ1n) is 5.64. The fourth-order valence-corrected chi connectivity index (χ4v) is 2.29. The summed E-state index contributed by atoms with van der Waals surface area (Å²) in [5.41, 5.74) is -1.11. The molecule has 5 heteroatoms. The number of morpholine rings is 1. The lowest BCUT2D eigenvalue weighted by Gasteiger charge is -2.36. The van der Waals surface area contributed by atoms with Crippen LogP contribution in [0.3, 0.4) is 0 Å². The van der Waals surface area contributed by atoms with Crippen molar-refractivity contribution in [1.82, 2.24) is 4.90 Å². The summed E-state index contributed by atoms with van der Waals surface area (Å²) in [6.45, 7) is 4.79. The number of hydrogen-bond acceptors (Lipinski definition) is 3. The summed E-state index contributed by atoms with van der Waals surface area (Å²) < 4.78 is 5.52. The summed E-state index contributed by atoms with van der Waals surface area (Å²) in [6, 6.07) is 0. The van der Waals surface area contributed by atoms with Gasteiger partial charge in [0, 0.05) is 13.1 Å². The average molecular weight is 227 g/mol. The van der Waals surface area contributed by atoms with Crippen LogP contribution in [-0.2, 0) is 14.3 Å². The molecule has 2 fully saturated rings. The van der Waals surface area contributed by atoms with Crippen LogP contribution in [0.5, 0.6) is 0 Å². The van der Waals surface area contributed by atoms with E-state index in [4.69, 9.17) is 9.84 Å². The van der Waals surface area contributed by atoms with Gasteiger partial charge in [0.25, 0.3) is 0 Å². The number of ether oxygens (including phenoxy) is 1. The molecule has 1 N–H and O–H groups in total. The highest BCUT2D eigenvalue weighted by Gasteiger charge is 2.58. The molecule has 1 saturated carbocycles. The molecule has 1 aliphatic carbocycles. The van der Waals surface area contributed by atoms with Gasteiger partial charge in [-0.3, -0.25) is 9.59 Å². The standard InChI is InChI=1S/C11H17NO4/c1-7-5-12(6-8(2)16-7)9(13)11(3-4-11)10(14)15/h7-8H,3-6H2,1-2H3,(H,14,15). The fourth-order valence-electron chi connectivity index (χ4n) is 2.29. The van der Waals surface area contributed by atoms with E-state index in [0.717, 1.165) is 0 Å². The number of carboxylic acid groups (broad SMARTS) is 1. The van der Waals surface area contributed by atoms with E-state index in [2.05, 4.69) is 0 Å². The molecule has 2 unspecified atom stereocenters. The van der Waals surface area contributed by atoms with Gasteiger partial charge in [0.1, 0.15) is 5.41 Å². The van der Waals surface area contributed by atoms with E-state index in [1.54, 1.807) is 4.90 Å². The summed E-state index contributed by atoms with van der Waals surface area (Å²) in [4.78, 5) is 24.8. The molecule has 0 aromatic heterocycles. The minimum atomic E-state index is -1.11. The van der Waals surface area contributed by atoms with E-state index in [0.29, 0.717) is 25.9 Å². The molecular formula is C11H17NO4. The highest BCUT2D eigenvalue weighted by Crippen LogP contribution is 2.47. The molecule has 0 bridgehead atoms. The molecule has 2 rings (SSSR count). The van der Waals surface area contributed by atoms with E-state index in [1.807, 2.05) is 13.8 Å². The molecule has 0 aromatic carbocycles. The largest absolute Gasteiger partial charge is 0.480 e. The van der Waals surface area contributed by atoms with Gasteiger partial charge in [-0.2, -0.15) is 0 Å². The molecule has 0 spiro atoms. The van der Waals surface area contributed by atoms with Crippen LogP contribution in [0, 0.1) is 5.41 Å². The summed E-state index contributed by atoms with van der Waals surface area (Å²) in [7, 11) is 0. The van der Waals surface area contributed by atoms with Crippen molar-refractivity contribution in [1.29, 1.82) is 0 Å². The molecule has 2 aliphatic rings. The Morgan fingerprint density at radius 3 is 2.12 bits per heavy atom. The van der Waals surface area contributed by atoms with E-state index in [9.17, 15) is 9.59 Å². The first-order chi connectivity index (χ1) is 7.45. The Morgan fingerprint density at radius 1 is 1.25 bits per heavy atom. The minimum absolute atomic E-state index is 0.0164. The Balaban J connectivity index is 2.07. The Bertz CT molecular complexity index is 314. The zero-order chi connectivity index (χ0) is 11.9. The van der Waals surface area contributed by atoms with Crippen molar-refractivity contribution in [3.8, 4) is 0 Å². The Labute approximate surface area is 94.4 Å². The van der Waals surface area contributed by atoms with E-state index >= 15 is 0 Å². The van der Waals surface area contributed by atoms with Crippen LogP contribution in [0.15, 0.2) is 0 Å². The molecule has 0 aromatic rings. The van der Waals surface area contributed by atoms with E-state index in [-0.39, 0.29) is 18.1 Å². The highest BCUT2D eigenvalue weighted by atomic mass is 16.5. The van der Waals surface area contributed by atoms with Gasteiger partial charge in [0.15, 0.2) is 0 Å². The smallest absolute Gasteiger partial charge is 0.319 e. The van der Waals surface area contributed by atoms with Crippen molar-refractivity contribution < 1.29 is 19.4 Å². The van der Waals surface area contributed by atoms with E-state index < -0.39 is 11.4 Å². The second-order valence-electron chi connectivity index (χ2n) is 4.85. The Morgan fingerprint density at radius 2 is 1.75 bits per heavy atom. The van der Waals surface area contributed by atoms with Gasteiger partial charge in [-0.15, -0.1) is 0 Å². The topological polar surface area (TPSA) is 66.8 Å². The maximum atomic E-state index is 12.1. The first-order valence-corrected chi connectivity index (χ1v) is 5.64. The van der Waals surface area contributed by atoms with Crippen molar-refractivity contribution in [2.75, 3.05) is 13.1 Å². The third-order valence-electron chi connectivity index (χ3n) is 3.28. The van der Waals surface area contributed by atoms with Gasteiger partial charge >= 0.3 is 5.97 Å². The van der Waals surface area contributed by atoms with Crippen molar-refractivity contribution >= 4 is 11.9 Å². The summed E-state index contributed by atoms with van der Waals surface area (Å²) >= 11 is 0. The third kappa shape index (κ3) is 1.80. The predicted octanol–water partition coefficient (Wildman–Crippen LogP) is 0.487. The van der Waals surface area contributed by atoms with Gasteiger partial charge < -0.3 is 14.7 Å². The zero-order valence-electron chi connectivity index (χ0n) is 9.60. The lowest BCUT2D eigenvalue weighted by molar-refractivity contribution is -0.159. The van der Waals surface area contributed by atoms with Gasteiger partial charge in [-0.25, -0.2) is 0 Å². The van der Waals surface area contributed by atoms with Crippen LogP contribution in [0.2, 0.25) is 0 Å². The molecule has 1 aliphatic heterocycles. The fraction of sp³-hybridized carbons (Fsp3) is 0.818. The average Bonchev–Trinajstić information content (AvgIpc) is 2.95. The summed E-state index contributed by atoms with van der Waals surface area (Å²) in [6.07, 6.45) is 0.914. The van der Waals surface area contributed by atoms with Gasteiger partial charge in [-0.05, 0) is 26.7 Å². The third-order valence-corrected chi connectivity index (χ3v) is 3.28. The van der Waals surface area contributed by atoms with Gasteiger partial charge in [-0.1, -0.05) is 0 Å².